The molecule has 2 amide bonds. The van der Waals surface area contributed by atoms with Crippen LogP contribution in [0.2, 0.25) is 0 Å². The zero-order valence-corrected chi connectivity index (χ0v) is 13.1. The molecule has 1 aliphatic carbocycles. The summed E-state index contributed by atoms with van der Waals surface area (Å²) in [6.45, 7) is 3.07. The lowest BCUT2D eigenvalue weighted by Gasteiger charge is -2.10. The van der Waals surface area contributed by atoms with Crippen LogP contribution in [-0.2, 0) is 9.59 Å². The third-order valence-corrected chi connectivity index (χ3v) is 3.94. The maximum absolute atomic E-state index is 11.8. The second-order valence-electron chi connectivity index (χ2n) is 5.61. The van der Waals surface area contributed by atoms with Crippen LogP contribution in [-0.4, -0.2) is 25.0 Å². The van der Waals surface area contributed by atoms with Crippen molar-refractivity contribution in [2.75, 3.05) is 18.5 Å². The van der Waals surface area contributed by atoms with Gasteiger partial charge in [-0.1, -0.05) is 25.7 Å². The van der Waals surface area contributed by atoms with E-state index in [0.29, 0.717) is 24.8 Å². The van der Waals surface area contributed by atoms with Gasteiger partial charge in [-0.15, -0.1) is 0 Å². The quantitative estimate of drug-likeness (QED) is 0.794. The van der Waals surface area contributed by atoms with Crippen molar-refractivity contribution in [3.63, 3.8) is 0 Å². The highest BCUT2D eigenvalue weighted by atomic mass is 16.5. The Hall–Kier alpha value is -2.04. The molecule has 5 heteroatoms. The number of carbonyl (C=O) groups excluding carboxylic acids is 2. The van der Waals surface area contributed by atoms with Gasteiger partial charge in [0.2, 0.25) is 0 Å². The molecule has 1 saturated carbocycles. The molecule has 2 rings (SSSR count). The summed E-state index contributed by atoms with van der Waals surface area (Å²) in [5, 5.41) is 5.27. The van der Waals surface area contributed by atoms with E-state index in [-0.39, 0.29) is 0 Å². The molecule has 0 aromatic heterocycles. The van der Waals surface area contributed by atoms with Crippen LogP contribution in [0.5, 0.6) is 5.75 Å². The molecular formula is C17H24N2O3. The first-order valence-corrected chi connectivity index (χ1v) is 8.01. The summed E-state index contributed by atoms with van der Waals surface area (Å²) in [4.78, 5) is 23.5. The molecule has 1 aromatic carbocycles. The summed E-state index contributed by atoms with van der Waals surface area (Å²) in [7, 11) is 0. The summed E-state index contributed by atoms with van der Waals surface area (Å²) in [6, 6.07) is 6.96. The second-order valence-corrected chi connectivity index (χ2v) is 5.61. The first kappa shape index (κ1) is 16.3. The smallest absolute Gasteiger partial charge is 0.313 e. The maximum Gasteiger partial charge on any atom is 0.313 e. The number of carbonyl (C=O) groups is 2. The fourth-order valence-corrected chi connectivity index (χ4v) is 2.76. The molecule has 2 N–H and O–H groups in total. The van der Waals surface area contributed by atoms with Gasteiger partial charge in [-0.05, 0) is 43.5 Å². The van der Waals surface area contributed by atoms with Crippen molar-refractivity contribution in [3.05, 3.63) is 24.3 Å². The van der Waals surface area contributed by atoms with Gasteiger partial charge in [0.25, 0.3) is 0 Å². The molecule has 1 fully saturated rings. The molecule has 0 heterocycles. The minimum atomic E-state index is -0.629. The third kappa shape index (κ3) is 5.06. The summed E-state index contributed by atoms with van der Waals surface area (Å²) in [5.41, 5.74) is 0.583. The van der Waals surface area contributed by atoms with Crippen LogP contribution in [0.4, 0.5) is 5.69 Å². The van der Waals surface area contributed by atoms with Gasteiger partial charge in [-0.3, -0.25) is 9.59 Å². The molecule has 0 bridgehead atoms. The van der Waals surface area contributed by atoms with E-state index in [4.69, 9.17) is 4.74 Å². The SMILES string of the molecule is CCOc1ccc(NC(=O)C(=O)NCCC2CCCC2)cc1. The van der Waals surface area contributed by atoms with Gasteiger partial charge in [0, 0.05) is 12.2 Å². The van der Waals surface area contributed by atoms with Crippen molar-refractivity contribution in [1.29, 1.82) is 0 Å². The van der Waals surface area contributed by atoms with Gasteiger partial charge in [0.1, 0.15) is 5.75 Å². The number of hydrogen-bond donors (Lipinski definition) is 2. The minimum absolute atomic E-state index is 0.570. The molecule has 0 aliphatic heterocycles. The van der Waals surface area contributed by atoms with Gasteiger partial charge in [-0.2, -0.15) is 0 Å². The lowest BCUT2D eigenvalue weighted by molar-refractivity contribution is -0.136. The van der Waals surface area contributed by atoms with E-state index in [9.17, 15) is 9.59 Å². The largest absolute Gasteiger partial charge is 0.494 e. The Labute approximate surface area is 131 Å². The van der Waals surface area contributed by atoms with Gasteiger partial charge in [-0.25, -0.2) is 0 Å². The van der Waals surface area contributed by atoms with Crippen molar-refractivity contribution in [1.82, 2.24) is 5.32 Å². The lowest BCUT2D eigenvalue weighted by atomic mass is 10.0. The van der Waals surface area contributed by atoms with Gasteiger partial charge in [0.05, 0.1) is 6.61 Å². The molecule has 120 valence electrons. The number of ether oxygens (including phenoxy) is 1. The zero-order chi connectivity index (χ0) is 15.8. The standard InChI is InChI=1S/C17H24N2O3/c1-2-22-15-9-7-14(8-10-15)19-17(21)16(20)18-12-11-13-5-3-4-6-13/h7-10,13H,2-6,11-12H2,1H3,(H,18,20)(H,19,21). The molecule has 1 aromatic rings. The van der Waals surface area contributed by atoms with E-state index in [1.165, 1.54) is 25.7 Å². The summed E-state index contributed by atoms with van der Waals surface area (Å²) in [6.07, 6.45) is 6.03. The summed E-state index contributed by atoms with van der Waals surface area (Å²) < 4.78 is 5.32. The highest BCUT2D eigenvalue weighted by Gasteiger charge is 2.17. The first-order chi connectivity index (χ1) is 10.7. The van der Waals surface area contributed by atoms with E-state index >= 15 is 0 Å². The minimum Gasteiger partial charge on any atom is -0.494 e. The highest BCUT2D eigenvalue weighted by Crippen LogP contribution is 2.26. The molecular weight excluding hydrogens is 280 g/mol. The number of rotatable bonds is 6. The fraction of sp³-hybridized carbons (Fsp3) is 0.529. The van der Waals surface area contributed by atoms with Crippen LogP contribution in [0, 0.1) is 5.92 Å². The topological polar surface area (TPSA) is 67.4 Å². The molecule has 5 nitrogen and oxygen atoms in total. The molecule has 0 unspecified atom stereocenters. The van der Waals surface area contributed by atoms with E-state index in [1.807, 2.05) is 6.92 Å². The van der Waals surface area contributed by atoms with Crippen LogP contribution in [0.3, 0.4) is 0 Å². The number of anilines is 1. The zero-order valence-electron chi connectivity index (χ0n) is 13.1. The van der Waals surface area contributed by atoms with Crippen LogP contribution >= 0.6 is 0 Å². The Morgan fingerprint density at radius 3 is 2.45 bits per heavy atom. The Bertz CT molecular complexity index is 493. The molecule has 0 saturated heterocycles. The molecule has 0 atom stereocenters. The normalized spacial score (nSPS) is 14.6. The lowest BCUT2D eigenvalue weighted by Crippen LogP contribution is -2.36. The van der Waals surface area contributed by atoms with E-state index in [0.717, 1.165) is 12.2 Å². The van der Waals surface area contributed by atoms with Crippen molar-refractivity contribution in [3.8, 4) is 5.75 Å². The maximum atomic E-state index is 11.8. The van der Waals surface area contributed by atoms with Crippen LogP contribution in [0.25, 0.3) is 0 Å². The molecule has 0 spiro atoms. The molecule has 1 aliphatic rings. The van der Waals surface area contributed by atoms with Crippen LogP contribution in [0.15, 0.2) is 24.3 Å². The van der Waals surface area contributed by atoms with Crippen molar-refractivity contribution >= 4 is 17.5 Å². The van der Waals surface area contributed by atoms with Crippen LogP contribution < -0.4 is 15.4 Å². The van der Waals surface area contributed by atoms with E-state index < -0.39 is 11.8 Å². The third-order valence-electron chi connectivity index (χ3n) is 3.94. The van der Waals surface area contributed by atoms with Crippen molar-refractivity contribution in [2.24, 2.45) is 5.92 Å². The Morgan fingerprint density at radius 2 is 1.82 bits per heavy atom. The van der Waals surface area contributed by atoms with Gasteiger partial charge in [0.15, 0.2) is 0 Å². The number of nitrogens with one attached hydrogen (secondary N) is 2. The second kappa shape index (κ2) is 8.41. The predicted molar refractivity (Wildman–Crippen MR) is 85.8 cm³/mol. The molecule has 0 radical (unpaired) electrons. The van der Waals surface area contributed by atoms with E-state index in [2.05, 4.69) is 10.6 Å². The predicted octanol–water partition coefficient (Wildman–Crippen LogP) is 2.72. The van der Waals surface area contributed by atoms with E-state index in [1.54, 1.807) is 24.3 Å². The number of benzene rings is 1. The van der Waals surface area contributed by atoms with Crippen LogP contribution in [0.1, 0.15) is 39.0 Å². The van der Waals surface area contributed by atoms with Crippen molar-refractivity contribution in [2.45, 2.75) is 39.0 Å². The fourth-order valence-electron chi connectivity index (χ4n) is 2.76. The number of hydrogen-bond acceptors (Lipinski definition) is 3. The Balaban J connectivity index is 1.71. The van der Waals surface area contributed by atoms with Gasteiger partial charge >= 0.3 is 11.8 Å². The molecule has 22 heavy (non-hydrogen) atoms. The highest BCUT2D eigenvalue weighted by molar-refractivity contribution is 6.39. The van der Waals surface area contributed by atoms with Crippen molar-refractivity contribution < 1.29 is 14.3 Å². The average molecular weight is 304 g/mol. The first-order valence-electron chi connectivity index (χ1n) is 8.01. The number of amides is 2. The summed E-state index contributed by atoms with van der Waals surface area (Å²) in [5.74, 6) is 0.235. The summed E-state index contributed by atoms with van der Waals surface area (Å²) >= 11 is 0. The average Bonchev–Trinajstić information content (AvgIpc) is 3.02. The Morgan fingerprint density at radius 1 is 1.14 bits per heavy atom. The van der Waals surface area contributed by atoms with Gasteiger partial charge < -0.3 is 15.4 Å². The monoisotopic (exact) mass is 304 g/mol. The Kier molecular flexibility index (Phi) is 6.25.